The summed E-state index contributed by atoms with van der Waals surface area (Å²) < 4.78 is 27.0. The van der Waals surface area contributed by atoms with Crippen molar-refractivity contribution in [2.75, 3.05) is 4.90 Å². The van der Waals surface area contributed by atoms with Crippen LogP contribution in [-0.2, 0) is 9.59 Å². The van der Waals surface area contributed by atoms with E-state index in [2.05, 4.69) is 0 Å². The molecular weight excluding hydrogens is 380 g/mol. The van der Waals surface area contributed by atoms with Gasteiger partial charge in [-0.05, 0) is 29.8 Å². The third-order valence-corrected chi connectivity index (χ3v) is 5.32. The number of anilines is 1. The fourth-order valence-electron chi connectivity index (χ4n) is 2.93. The number of amides is 2. The number of hydrogen-bond donors (Lipinski definition) is 0. The molecule has 0 spiro atoms. The van der Waals surface area contributed by atoms with E-state index in [1.165, 1.54) is 17.8 Å². The van der Waals surface area contributed by atoms with E-state index in [9.17, 15) is 18.4 Å². The van der Waals surface area contributed by atoms with Crippen LogP contribution in [0.3, 0.4) is 0 Å². The topological polar surface area (TPSA) is 37.4 Å². The number of imide groups is 1. The van der Waals surface area contributed by atoms with Gasteiger partial charge in [-0.2, -0.15) is 0 Å². The highest BCUT2D eigenvalue weighted by Crippen LogP contribution is 2.41. The van der Waals surface area contributed by atoms with Gasteiger partial charge in [0.05, 0.1) is 16.2 Å². The molecule has 0 atom stereocenters. The molecule has 3 aromatic carbocycles. The zero-order valence-corrected chi connectivity index (χ0v) is 15.2. The van der Waals surface area contributed by atoms with Gasteiger partial charge in [-0.15, -0.1) is 0 Å². The van der Waals surface area contributed by atoms with Crippen molar-refractivity contribution >= 4 is 34.8 Å². The Balaban J connectivity index is 1.82. The molecule has 4 rings (SSSR count). The van der Waals surface area contributed by atoms with Gasteiger partial charge in [0.2, 0.25) is 0 Å². The number of hydrogen-bond acceptors (Lipinski definition) is 3. The van der Waals surface area contributed by atoms with E-state index in [1.807, 2.05) is 36.4 Å². The Bertz CT molecular complexity index is 1100. The first-order chi connectivity index (χ1) is 13.6. The number of rotatable bonds is 4. The molecular formula is C22H13F2NO2S. The summed E-state index contributed by atoms with van der Waals surface area (Å²) in [6.45, 7) is 0. The molecule has 1 aliphatic heterocycles. The van der Waals surface area contributed by atoms with Crippen molar-refractivity contribution in [1.82, 2.24) is 0 Å². The molecule has 0 saturated carbocycles. The van der Waals surface area contributed by atoms with E-state index < -0.39 is 23.4 Å². The van der Waals surface area contributed by atoms with E-state index in [0.717, 1.165) is 21.9 Å². The van der Waals surface area contributed by atoms with E-state index >= 15 is 0 Å². The Morgan fingerprint density at radius 1 is 0.714 bits per heavy atom. The van der Waals surface area contributed by atoms with Crippen molar-refractivity contribution in [2.24, 2.45) is 0 Å². The maximum Gasteiger partial charge on any atom is 0.272 e. The number of carbonyl (C=O) groups excluding carboxylic acids is 2. The minimum atomic E-state index is -1.12. The monoisotopic (exact) mass is 393 g/mol. The highest BCUT2D eigenvalue weighted by atomic mass is 32.2. The van der Waals surface area contributed by atoms with Crippen LogP contribution in [0, 0.1) is 11.6 Å². The molecule has 0 saturated heterocycles. The van der Waals surface area contributed by atoms with Crippen molar-refractivity contribution in [3.8, 4) is 0 Å². The van der Waals surface area contributed by atoms with Gasteiger partial charge < -0.3 is 0 Å². The van der Waals surface area contributed by atoms with Crippen molar-refractivity contribution in [3.05, 3.63) is 101 Å². The molecule has 0 N–H and O–H groups in total. The summed E-state index contributed by atoms with van der Waals surface area (Å²) in [6.07, 6.45) is 0. The summed E-state index contributed by atoms with van der Waals surface area (Å²) in [5.74, 6) is -3.30. The average molecular weight is 393 g/mol. The SMILES string of the molecule is O=C1C(Sc2ccccc2)=C(c2ccccc2)C(=O)N1c1ccc(F)c(F)c1. The molecule has 0 bridgehead atoms. The van der Waals surface area contributed by atoms with Gasteiger partial charge >= 0.3 is 0 Å². The van der Waals surface area contributed by atoms with Crippen molar-refractivity contribution < 1.29 is 18.4 Å². The second kappa shape index (κ2) is 7.40. The van der Waals surface area contributed by atoms with Crippen LogP contribution >= 0.6 is 11.8 Å². The maximum absolute atomic E-state index is 13.7. The zero-order chi connectivity index (χ0) is 19.7. The molecule has 0 radical (unpaired) electrons. The van der Waals surface area contributed by atoms with Crippen LogP contribution in [0.1, 0.15) is 5.56 Å². The van der Waals surface area contributed by atoms with Gasteiger partial charge in [0, 0.05) is 11.0 Å². The molecule has 138 valence electrons. The van der Waals surface area contributed by atoms with E-state index in [4.69, 9.17) is 0 Å². The number of thioether (sulfide) groups is 1. The lowest BCUT2D eigenvalue weighted by atomic mass is 10.1. The smallest absolute Gasteiger partial charge is 0.268 e. The average Bonchev–Trinajstić information content (AvgIpc) is 2.95. The third kappa shape index (κ3) is 3.23. The van der Waals surface area contributed by atoms with Crippen LogP contribution in [0.15, 0.2) is 88.7 Å². The van der Waals surface area contributed by atoms with Crippen molar-refractivity contribution in [2.45, 2.75) is 4.90 Å². The first-order valence-corrected chi connectivity index (χ1v) is 9.24. The van der Waals surface area contributed by atoms with E-state index in [-0.39, 0.29) is 16.2 Å². The van der Waals surface area contributed by atoms with E-state index in [1.54, 1.807) is 24.3 Å². The van der Waals surface area contributed by atoms with Crippen LogP contribution in [0.25, 0.3) is 5.57 Å². The molecule has 0 fully saturated rings. The summed E-state index contributed by atoms with van der Waals surface area (Å²) in [7, 11) is 0. The van der Waals surface area contributed by atoms with Crippen LogP contribution in [-0.4, -0.2) is 11.8 Å². The first-order valence-electron chi connectivity index (χ1n) is 8.42. The van der Waals surface area contributed by atoms with Crippen molar-refractivity contribution in [3.63, 3.8) is 0 Å². The van der Waals surface area contributed by atoms with Gasteiger partial charge in [-0.25, -0.2) is 13.7 Å². The third-order valence-electron chi connectivity index (χ3n) is 4.23. The maximum atomic E-state index is 13.7. The highest BCUT2D eigenvalue weighted by Gasteiger charge is 2.40. The Morgan fingerprint density at radius 3 is 2.00 bits per heavy atom. The number of benzene rings is 3. The summed E-state index contributed by atoms with van der Waals surface area (Å²) >= 11 is 1.17. The summed E-state index contributed by atoms with van der Waals surface area (Å²) in [5.41, 5.74) is 0.819. The van der Waals surface area contributed by atoms with Crippen LogP contribution < -0.4 is 4.90 Å². The fraction of sp³-hybridized carbons (Fsp3) is 0. The molecule has 3 aromatic rings. The van der Waals surface area contributed by atoms with Gasteiger partial charge in [-0.3, -0.25) is 9.59 Å². The fourth-order valence-corrected chi connectivity index (χ4v) is 3.94. The Kier molecular flexibility index (Phi) is 4.79. The molecule has 0 aromatic heterocycles. The van der Waals surface area contributed by atoms with Gasteiger partial charge in [-0.1, -0.05) is 60.3 Å². The predicted molar refractivity (Wildman–Crippen MR) is 105 cm³/mol. The van der Waals surface area contributed by atoms with Crippen LogP contribution in [0.5, 0.6) is 0 Å². The lowest BCUT2D eigenvalue weighted by Crippen LogP contribution is -2.31. The van der Waals surface area contributed by atoms with Crippen LogP contribution in [0.4, 0.5) is 14.5 Å². The Hall–Kier alpha value is -3.25. The number of halogens is 2. The lowest BCUT2D eigenvalue weighted by molar-refractivity contribution is -0.119. The largest absolute Gasteiger partial charge is 0.272 e. The molecule has 0 aliphatic carbocycles. The molecule has 3 nitrogen and oxygen atoms in total. The zero-order valence-electron chi connectivity index (χ0n) is 14.4. The minimum absolute atomic E-state index is 0.00834. The molecule has 2 amide bonds. The molecule has 0 unspecified atom stereocenters. The van der Waals surface area contributed by atoms with Crippen molar-refractivity contribution in [1.29, 1.82) is 0 Å². The number of nitrogens with zero attached hydrogens (tertiary/aromatic N) is 1. The Morgan fingerprint density at radius 2 is 1.36 bits per heavy atom. The summed E-state index contributed by atoms with van der Waals surface area (Å²) in [5, 5.41) is 0. The number of carbonyl (C=O) groups is 2. The minimum Gasteiger partial charge on any atom is -0.268 e. The lowest BCUT2D eigenvalue weighted by Gasteiger charge is -2.15. The van der Waals surface area contributed by atoms with Gasteiger partial charge in [0.1, 0.15) is 0 Å². The standard InChI is InChI=1S/C22H13F2NO2S/c23-17-12-11-15(13-18(17)24)25-21(26)19(14-7-3-1-4-8-14)20(22(25)27)28-16-9-5-2-6-10-16/h1-13H. The summed E-state index contributed by atoms with van der Waals surface area (Å²) in [4.78, 5) is 28.2. The normalized spacial score (nSPS) is 14.1. The highest BCUT2D eigenvalue weighted by molar-refractivity contribution is 8.04. The van der Waals surface area contributed by atoms with Gasteiger partial charge in [0.15, 0.2) is 11.6 Å². The molecule has 1 aliphatic rings. The second-order valence-corrected chi connectivity index (χ2v) is 7.11. The van der Waals surface area contributed by atoms with Crippen LogP contribution in [0.2, 0.25) is 0 Å². The molecule has 6 heteroatoms. The molecule has 1 heterocycles. The summed E-state index contributed by atoms with van der Waals surface area (Å²) in [6, 6.07) is 21.0. The van der Waals surface area contributed by atoms with Gasteiger partial charge in [0.25, 0.3) is 11.8 Å². The van der Waals surface area contributed by atoms with E-state index in [0.29, 0.717) is 5.56 Å². The second-order valence-electron chi connectivity index (χ2n) is 6.03. The molecule has 28 heavy (non-hydrogen) atoms. The predicted octanol–water partition coefficient (Wildman–Crippen LogP) is 5.04. The Labute approximate surface area is 164 Å². The quantitative estimate of drug-likeness (QED) is 0.583. The first kappa shape index (κ1) is 18.1.